The van der Waals surface area contributed by atoms with Crippen molar-refractivity contribution in [3.05, 3.63) is 0 Å². The first-order valence-corrected chi connectivity index (χ1v) is 6.32. The minimum absolute atomic E-state index is 0.132. The van der Waals surface area contributed by atoms with Crippen LogP contribution < -0.4 is 5.32 Å². The molecule has 2 unspecified atom stereocenters. The fourth-order valence-electron chi connectivity index (χ4n) is 2.35. The highest BCUT2D eigenvalue weighted by atomic mass is 19.4. The van der Waals surface area contributed by atoms with Crippen LogP contribution in [0.4, 0.5) is 13.2 Å². The van der Waals surface area contributed by atoms with Gasteiger partial charge in [-0.2, -0.15) is 13.2 Å². The smallest absolute Gasteiger partial charge is 0.311 e. The Morgan fingerprint density at radius 3 is 2.53 bits per heavy atom. The minimum Gasteiger partial charge on any atom is -0.311 e. The second-order valence-electron chi connectivity index (χ2n) is 5.45. The van der Waals surface area contributed by atoms with Crippen molar-refractivity contribution >= 4 is 0 Å². The summed E-state index contributed by atoms with van der Waals surface area (Å²) in [6, 6.07) is 0.528. The third kappa shape index (κ3) is 5.73. The second-order valence-corrected chi connectivity index (χ2v) is 5.45. The van der Waals surface area contributed by atoms with Crippen LogP contribution in [0.3, 0.4) is 0 Å². The fourth-order valence-corrected chi connectivity index (χ4v) is 2.35. The van der Waals surface area contributed by atoms with Crippen LogP contribution in [0.2, 0.25) is 0 Å². The lowest BCUT2D eigenvalue weighted by atomic mass is 9.99. The molecule has 0 spiro atoms. The van der Waals surface area contributed by atoms with E-state index in [4.69, 9.17) is 0 Å². The highest BCUT2D eigenvalue weighted by molar-refractivity contribution is 4.85. The Morgan fingerprint density at radius 1 is 1.35 bits per heavy atom. The van der Waals surface area contributed by atoms with Crippen molar-refractivity contribution in [2.45, 2.75) is 51.9 Å². The maximum Gasteiger partial charge on any atom is 0.390 e. The zero-order valence-corrected chi connectivity index (χ0v) is 10.8. The molecule has 1 aliphatic heterocycles. The Hall–Kier alpha value is -0.290. The summed E-state index contributed by atoms with van der Waals surface area (Å²) in [4.78, 5) is 1.99. The zero-order valence-electron chi connectivity index (χ0n) is 10.8. The van der Waals surface area contributed by atoms with Crippen LogP contribution in [0.1, 0.15) is 33.6 Å². The van der Waals surface area contributed by atoms with Gasteiger partial charge < -0.3 is 5.32 Å². The molecule has 1 rings (SSSR count). The number of nitrogens with one attached hydrogen (secondary N) is 1. The number of hydrogen-bond donors (Lipinski definition) is 1. The van der Waals surface area contributed by atoms with E-state index >= 15 is 0 Å². The Morgan fingerprint density at radius 2 is 2.00 bits per heavy atom. The van der Waals surface area contributed by atoms with Crippen LogP contribution in [0.25, 0.3) is 0 Å². The van der Waals surface area contributed by atoms with Crippen molar-refractivity contribution in [3.63, 3.8) is 0 Å². The predicted molar refractivity (Wildman–Crippen MR) is 63.0 cm³/mol. The summed E-state index contributed by atoms with van der Waals surface area (Å²) < 4.78 is 36.8. The Balaban J connectivity index is 2.49. The molecule has 0 aromatic rings. The molecule has 0 bridgehead atoms. The van der Waals surface area contributed by atoms with Gasteiger partial charge in [-0.3, -0.25) is 4.90 Å². The number of rotatable bonds is 4. The van der Waals surface area contributed by atoms with Crippen molar-refractivity contribution < 1.29 is 13.2 Å². The van der Waals surface area contributed by atoms with Gasteiger partial charge in [-0.25, -0.2) is 0 Å². The van der Waals surface area contributed by atoms with E-state index < -0.39 is 12.6 Å². The van der Waals surface area contributed by atoms with E-state index in [2.05, 4.69) is 19.2 Å². The quantitative estimate of drug-likeness (QED) is 0.827. The van der Waals surface area contributed by atoms with E-state index in [0.29, 0.717) is 12.5 Å². The molecule has 1 fully saturated rings. The van der Waals surface area contributed by atoms with E-state index in [1.165, 1.54) is 0 Å². The van der Waals surface area contributed by atoms with Crippen LogP contribution in [0, 0.1) is 5.92 Å². The maximum atomic E-state index is 12.3. The molecule has 2 nitrogen and oxygen atoms in total. The van der Waals surface area contributed by atoms with Gasteiger partial charge >= 0.3 is 6.18 Å². The summed E-state index contributed by atoms with van der Waals surface area (Å²) in [6.07, 6.45) is -3.79. The lowest BCUT2D eigenvalue weighted by Gasteiger charge is -2.40. The first-order chi connectivity index (χ1) is 7.78. The summed E-state index contributed by atoms with van der Waals surface area (Å²) in [7, 11) is 0. The van der Waals surface area contributed by atoms with Crippen LogP contribution >= 0.6 is 0 Å². The van der Waals surface area contributed by atoms with Crippen molar-refractivity contribution in [3.8, 4) is 0 Å². The van der Waals surface area contributed by atoms with Gasteiger partial charge in [0, 0.05) is 31.7 Å². The fraction of sp³-hybridized carbons (Fsp3) is 1.00. The molecule has 1 saturated heterocycles. The van der Waals surface area contributed by atoms with Gasteiger partial charge in [-0.05, 0) is 19.3 Å². The largest absolute Gasteiger partial charge is 0.390 e. The molecule has 0 aromatic heterocycles. The molecule has 1 aliphatic rings. The lowest BCUT2D eigenvalue weighted by molar-refractivity contribution is -0.140. The summed E-state index contributed by atoms with van der Waals surface area (Å²) in [6.45, 7) is 7.89. The maximum absolute atomic E-state index is 12.3. The first kappa shape index (κ1) is 14.8. The van der Waals surface area contributed by atoms with E-state index in [-0.39, 0.29) is 18.6 Å². The van der Waals surface area contributed by atoms with Crippen molar-refractivity contribution in [1.82, 2.24) is 10.2 Å². The Labute approximate surface area is 102 Å². The van der Waals surface area contributed by atoms with Crippen LogP contribution in [0.5, 0.6) is 0 Å². The third-order valence-electron chi connectivity index (χ3n) is 3.15. The minimum atomic E-state index is -4.05. The zero-order chi connectivity index (χ0) is 13.1. The third-order valence-corrected chi connectivity index (χ3v) is 3.15. The van der Waals surface area contributed by atoms with Crippen molar-refractivity contribution in [2.24, 2.45) is 5.92 Å². The molecule has 5 heteroatoms. The molecule has 1 N–H and O–H groups in total. The van der Waals surface area contributed by atoms with Gasteiger partial charge in [0.15, 0.2) is 0 Å². The van der Waals surface area contributed by atoms with Crippen molar-refractivity contribution in [1.29, 1.82) is 0 Å². The highest BCUT2D eigenvalue weighted by Crippen LogP contribution is 2.22. The van der Waals surface area contributed by atoms with E-state index in [1.807, 2.05) is 11.8 Å². The Kier molecular flexibility index (Phi) is 5.25. The number of halogens is 3. The molecule has 0 aliphatic carbocycles. The molecule has 17 heavy (non-hydrogen) atoms. The molecular formula is C12H23F3N2. The SMILES string of the molecule is CC(C)CC1CNC(C)CN1CCC(F)(F)F. The van der Waals surface area contributed by atoms with Gasteiger partial charge in [0.2, 0.25) is 0 Å². The molecule has 0 saturated carbocycles. The first-order valence-electron chi connectivity index (χ1n) is 6.32. The standard InChI is InChI=1S/C12H23F3N2/c1-9(2)6-11-7-16-10(3)8-17(11)5-4-12(13,14)15/h9-11,16H,4-8H2,1-3H3. The number of nitrogens with zero attached hydrogens (tertiary/aromatic N) is 1. The molecular weight excluding hydrogens is 229 g/mol. The summed E-state index contributed by atoms with van der Waals surface area (Å²) in [5.74, 6) is 0.517. The summed E-state index contributed by atoms with van der Waals surface area (Å²) in [5, 5.41) is 3.34. The summed E-state index contributed by atoms with van der Waals surface area (Å²) in [5.41, 5.74) is 0. The Bertz CT molecular complexity index is 228. The summed E-state index contributed by atoms with van der Waals surface area (Å²) >= 11 is 0. The van der Waals surface area contributed by atoms with Gasteiger partial charge in [-0.15, -0.1) is 0 Å². The lowest BCUT2D eigenvalue weighted by Crippen LogP contribution is -2.56. The monoisotopic (exact) mass is 252 g/mol. The second kappa shape index (κ2) is 6.05. The number of alkyl halides is 3. The van der Waals surface area contributed by atoms with Crippen LogP contribution in [-0.2, 0) is 0 Å². The average molecular weight is 252 g/mol. The molecule has 102 valence electrons. The highest BCUT2D eigenvalue weighted by Gasteiger charge is 2.32. The topological polar surface area (TPSA) is 15.3 Å². The van der Waals surface area contributed by atoms with Gasteiger partial charge in [0.1, 0.15) is 0 Å². The number of hydrogen-bond acceptors (Lipinski definition) is 2. The predicted octanol–water partition coefficient (Wildman–Crippen LogP) is 2.65. The van der Waals surface area contributed by atoms with Gasteiger partial charge in [0.05, 0.1) is 6.42 Å². The molecule has 0 amide bonds. The van der Waals surface area contributed by atoms with E-state index in [1.54, 1.807) is 0 Å². The number of piperazine rings is 1. The normalized spacial score (nSPS) is 27.7. The molecule has 1 heterocycles. The van der Waals surface area contributed by atoms with Gasteiger partial charge in [0.25, 0.3) is 0 Å². The molecule has 0 radical (unpaired) electrons. The van der Waals surface area contributed by atoms with E-state index in [0.717, 1.165) is 13.0 Å². The van der Waals surface area contributed by atoms with Crippen LogP contribution in [-0.4, -0.2) is 42.8 Å². The van der Waals surface area contributed by atoms with Gasteiger partial charge in [-0.1, -0.05) is 13.8 Å². The average Bonchev–Trinajstić information content (AvgIpc) is 2.16. The van der Waals surface area contributed by atoms with Crippen LogP contribution in [0.15, 0.2) is 0 Å². The molecule has 2 atom stereocenters. The van der Waals surface area contributed by atoms with E-state index in [9.17, 15) is 13.2 Å². The van der Waals surface area contributed by atoms with Crippen molar-refractivity contribution in [2.75, 3.05) is 19.6 Å². The molecule has 0 aromatic carbocycles.